The second-order valence-electron chi connectivity index (χ2n) is 16.7. The molecule has 0 atom stereocenters. The largest absolute Gasteiger partial charge is 0.493 e. The van der Waals surface area contributed by atoms with Crippen LogP contribution in [-0.4, -0.2) is 126 Å². The van der Waals surface area contributed by atoms with Gasteiger partial charge in [-0.15, -0.1) is 0 Å². The Hall–Kier alpha value is -4.05. The Morgan fingerprint density at radius 2 is 1.59 bits per heavy atom. The summed E-state index contributed by atoms with van der Waals surface area (Å²) in [5.41, 5.74) is 1.97. The van der Waals surface area contributed by atoms with Gasteiger partial charge in [-0.1, -0.05) is 12.1 Å². The molecule has 8 rings (SSSR count). The number of nitrogens with one attached hydrogen (secondary N) is 2. The Kier molecular flexibility index (Phi) is 13.3. The van der Waals surface area contributed by atoms with Crippen LogP contribution in [0.25, 0.3) is 10.9 Å². The lowest BCUT2D eigenvalue weighted by Crippen LogP contribution is -2.49. The number of hydrogen-bond donors (Lipinski definition) is 2. The number of halogens is 1. The summed E-state index contributed by atoms with van der Waals surface area (Å²) in [6, 6.07) is 10.8. The number of ether oxygens (including phenoxy) is 2. The van der Waals surface area contributed by atoms with Gasteiger partial charge in [-0.3, -0.25) is 29.5 Å². The molecule has 0 radical (unpaired) electrons. The van der Waals surface area contributed by atoms with Gasteiger partial charge in [0, 0.05) is 68.9 Å². The molecule has 3 aromatic rings. The van der Waals surface area contributed by atoms with Crippen LogP contribution >= 0.6 is 11.8 Å². The molecule has 0 spiro atoms. The van der Waals surface area contributed by atoms with Gasteiger partial charge in [0.1, 0.15) is 22.8 Å². The molecule has 0 saturated carbocycles. The molecular weight excluding hydrogens is 762 g/mol. The standard InChI is InChI=1S/C43H56FN7O6S/c44-36-23-34(57-27-30-12-21-56-22-13-30)24-37-41(36)42(54)46-38(45-37)28-58-35-9-16-49(17-10-35)26-40(53)50-18-5-29(6-19-50)25-48-14-7-32(8-15-48)31-1-3-33(4-2-31)51-20-11-39(52)47-43(51)55/h1-4,23-24,29-30,32,35H,5-22,25-28H2,(H,45,46,54)(H,47,52,55). The molecule has 0 unspecified atom stereocenters. The summed E-state index contributed by atoms with van der Waals surface area (Å²) in [7, 11) is 0. The molecule has 312 valence electrons. The molecule has 5 saturated heterocycles. The maximum absolute atomic E-state index is 14.9. The Morgan fingerprint density at radius 3 is 2.31 bits per heavy atom. The number of piperidine rings is 3. The number of nitrogens with zero attached hydrogens (tertiary/aromatic N) is 5. The summed E-state index contributed by atoms with van der Waals surface area (Å²) in [6.07, 6.45) is 8.39. The number of anilines is 1. The first kappa shape index (κ1) is 40.7. The van der Waals surface area contributed by atoms with Crippen LogP contribution in [0.5, 0.6) is 5.75 Å². The molecule has 1 aromatic heterocycles. The van der Waals surface area contributed by atoms with Crippen LogP contribution in [-0.2, 0) is 20.1 Å². The predicted octanol–water partition coefficient (Wildman–Crippen LogP) is 5.13. The molecular formula is C43H56FN7O6S. The minimum Gasteiger partial charge on any atom is -0.493 e. The first-order valence-corrected chi connectivity index (χ1v) is 22.3. The highest BCUT2D eigenvalue weighted by molar-refractivity contribution is 7.99. The van der Waals surface area contributed by atoms with E-state index in [1.54, 1.807) is 22.7 Å². The van der Waals surface area contributed by atoms with E-state index in [9.17, 15) is 23.6 Å². The molecule has 0 bridgehead atoms. The van der Waals surface area contributed by atoms with Crippen molar-refractivity contribution in [3.8, 4) is 5.75 Å². The smallest absolute Gasteiger partial charge is 0.328 e. The van der Waals surface area contributed by atoms with Crippen LogP contribution < -0.4 is 20.5 Å². The van der Waals surface area contributed by atoms with Crippen molar-refractivity contribution >= 4 is 46.2 Å². The number of aromatic amines is 1. The van der Waals surface area contributed by atoms with Gasteiger partial charge in [-0.25, -0.2) is 14.2 Å². The molecule has 2 aromatic carbocycles. The Labute approximate surface area is 343 Å². The summed E-state index contributed by atoms with van der Waals surface area (Å²) in [5.74, 6) is 2.31. The molecule has 58 heavy (non-hydrogen) atoms. The van der Waals surface area contributed by atoms with Crippen LogP contribution in [0.4, 0.5) is 14.9 Å². The fourth-order valence-electron chi connectivity index (χ4n) is 9.16. The third-order valence-corrected chi connectivity index (χ3v) is 14.1. The van der Waals surface area contributed by atoms with Crippen LogP contribution in [0.2, 0.25) is 0 Å². The average molecular weight is 818 g/mol. The van der Waals surface area contributed by atoms with E-state index in [0.29, 0.717) is 85.2 Å². The Bertz CT molecular complexity index is 1970. The Balaban J connectivity index is 0.720. The third kappa shape index (κ3) is 10.2. The van der Waals surface area contributed by atoms with E-state index in [1.807, 2.05) is 12.1 Å². The van der Waals surface area contributed by atoms with Crippen molar-refractivity contribution in [3.05, 3.63) is 64.0 Å². The molecule has 4 amide bonds. The molecule has 2 N–H and O–H groups in total. The van der Waals surface area contributed by atoms with Gasteiger partial charge in [0.25, 0.3) is 5.56 Å². The summed E-state index contributed by atoms with van der Waals surface area (Å²) < 4.78 is 26.3. The van der Waals surface area contributed by atoms with E-state index >= 15 is 0 Å². The number of carbonyl (C=O) groups is 3. The van der Waals surface area contributed by atoms with Crippen molar-refractivity contribution in [3.63, 3.8) is 0 Å². The highest BCUT2D eigenvalue weighted by atomic mass is 32.2. The number of likely N-dealkylation sites (tertiary alicyclic amines) is 3. The van der Waals surface area contributed by atoms with Crippen LogP contribution in [0.1, 0.15) is 75.1 Å². The van der Waals surface area contributed by atoms with Crippen molar-refractivity contribution in [2.75, 3.05) is 83.6 Å². The minimum absolute atomic E-state index is 0.0424. The van der Waals surface area contributed by atoms with E-state index in [4.69, 9.17) is 9.47 Å². The average Bonchev–Trinajstić information content (AvgIpc) is 3.23. The van der Waals surface area contributed by atoms with Crippen molar-refractivity contribution in [1.29, 1.82) is 0 Å². The van der Waals surface area contributed by atoms with Gasteiger partial charge in [0.05, 0.1) is 24.4 Å². The van der Waals surface area contributed by atoms with Crippen LogP contribution in [0.3, 0.4) is 0 Å². The van der Waals surface area contributed by atoms with Gasteiger partial charge in [0.2, 0.25) is 11.8 Å². The third-order valence-electron chi connectivity index (χ3n) is 12.8. The minimum atomic E-state index is -0.625. The van der Waals surface area contributed by atoms with Crippen molar-refractivity contribution in [1.82, 2.24) is 30.0 Å². The molecule has 5 aliphatic heterocycles. The highest BCUT2D eigenvalue weighted by Crippen LogP contribution is 2.32. The fourth-order valence-corrected chi connectivity index (χ4v) is 10.2. The number of urea groups is 1. The monoisotopic (exact) mass is 817 g/mol. The van der Waals surface area contributed by atoms with Gasteiger partial charge >= 0.3 is 6.03 Å². The molecule has 5 fully saturated rings. The number of hydrogen-bond acceptors (Lipinski definition) is 10. The number of imide groups is 1. The number of fused-ring (bicyclic) bond motifs is 1. The predicted molar refractivity (Wildman–Crippen MR) is 222 cm³/mol. The number of carbonyl (C=O) groups excluding carboxylic acids is 3. The normalized spacial score (nSPS) is 21.5. The second-order valence-corrected chi connectivity index (χ2v) is 18.0. The maximum Gasteiger partial charge on any atom is 0.328 e. The molecule has 6 heterocycles. The van der Waals surface area contributed by atoms with E-state index in [-0.39, 0.29) is 23.2 Å². The lowest BCUT2D eigenvalue weighted by atomic mass is 9.88. The maximum atomic E-state index is 14.9. The number of thioether (sulfide) groups is 1. The molecule has 15 heteroatoms. The van der Waals surface area contributed by atoms with Crippen molar-refractivity contribution in [2.24, 2.45) is 11.8 Å². The number of aromatic nitrogens is 2. The topological polar surface area (TPSA) is 140 Å². The zero-order valence-electron chi connectivity index (χ0n) is 33.3. The van der Waals surface area contributed by atoms with Gasteiger partial charge < -0.3 is 24.3 Å². The van der Waals surface area contributed by atoms with E-state index in [2.05, 4.69) is 42.1 Å². The number of H-pyrrole nitrogens is 1. The quantitative estimate of drug-likeness (QED) is 0.253. The summed E-state index contributed by atoms with van der Waals surface area (Å²) >= 11 is 1.76. The van der Waals surface area contributed by atoms with Crippen molar-refractivity contribution < 1.29 is 28.2 Å². The van der Waals surface area contributed by atoms with E-state index < -0.39 is 11.4 Å². The summed E-state index contributed by atoms with van der Waals surface area (Å²) in [5, 5.41) is 2.74. The lowest BCUT2D eigenvalue weighted by Gasteiger charge is -2.38. The molecule has 5 aliphatic rings. The van der Waals surface area contributed by atoms with E-state index in [0.717, 1.165) is 103 Å². The number of benzene rings is 2. The first-order chi connectivity index (χ1) is 28.2. The number of amides is 4. The molecule has 0 aliphatic carbocycles. The zero-order valence-corrected chi connectivity index (χ0v) is 34.1. The fraction of sp³-hybridized carbons (Fsp3) is 0.605. The Morgan fingerprint density at radius 1 is 0.862 bits per heavy atom. The van der Waals surface area contributed by atoms with Crippen molar-refractivity contribution in [2.45, 2.75) is 74.7 Å². The highest BCUT2D eigenvalue weighted by Gasteiger charge is 2.30. The zero-order chi connectivity index (χ0) is 40.0. The van der Waals surface area contributed by atoms with Gasteiger partial charge in [-0.2, -0.15) is 11.8 Å². The summed E-state index contributed by atoms with van der Waals surface area (Å²) in [4.78, 5) is 65.8. The lowest BCUT2D eigenvalue weighted by molar-refractivity contribution is -0.134. The van der Waals surface area contributed by atoms with Gasteiger partial charge in [-0.05, 0) is 113 Å². The number of rotatable bonds is 12. The van der Waals surface area contributed by atoms with Crippen LogP contribution in [0.15, 0.2) is 41.2 Å². The van der Waals surface area contributed by atoms with Gasteiger partial charge in [0.15, 0.2) is 0 Å². The van der Waals surface area contributed by atoms with Crippen LogP contribution in [0, 0.1) is 17.7 Å². The second kappa shape index (κ2) is 18.9. The first-order valence-electron chi connectivity index (χ1n) is 21.2. The summed E-state index contributed by atoms with van der Waals surface area (Å²) in [6.45, 7) is 9.40. The van der Waals surface area contributed by atoms with E-state index in [1.165, 1.54) is 11.6 Å². The SMILES string of the molecule is O=C1CCN(c2ccc(C3CCN(CC4CCN(C(=O)CN5CCC(SCc6nc7cc(OCC8CCOCC8)cc(F)c7c(=O)[nH]6)CC5)CC4)CC3)cc2)C(=O)N1. The molecule has 13 nitrogen and oxygen atoms in total.